The average Bonchev–Trinajstić information content (AvgIpc) is 2.81. The molecule has 3 amide bonds. The number of fused-ring (bicyclic) bond motifs is 1. The van der Waals surface area contributed by atoms with E-state index in [1.807, 2.05) is 12.2 Å². The smallest absolute Gasteiger partial charge is 0.233 e. The molecule has 1 aliphatic heterocycles. The highest BCUT2D eigenvalue weighted by atomic mass is 16.2. The molecule has 0 aromatic carbocycles. The predicted molar refractivity (Wildman–Crippen MR) is 86.3 cm³/mol. The zero-order valence-corrected chi connectivity index (χ0v) is 13.6. The third-order valence-corrected chi connectivity index (χ3v) is 5.35. The highest BCUT2D eigenvalue weighted by molar-refractivity contribution is 6.05. The number of likely N-dealkylation sites (tertiary alicyclic amines) is 1. The molecule has 1 saturated carbocycles. The molecular weight excluding hydrogens is 292 g/mol. The lowest BCUT2D eigenvalue weighted by atomic mass is 9.85. The molecule has 0 aromatic heterocycles. The number of amides is 3. The van der Waals surface area contributed by atoms with Crippen molar-refractivity contribution >= 4 is 17.7 Å². The fourth-order valence-electron chi connectivity index (χ4n) is 4.03. The van der Waals surface area contributed by atoms with E-state index in [1.54, 1.807) is 0 Å². The van der Waals surface area contributed by atoms with Gasteiger partial charge in [0.05, 0.1) is 11.8 Å². The first-order valence-electron chi connectivity index (χ1n) is 8.96. The van der Waals surface area contributed by atoms with Crippen LogP contribution in [0.15, 0.2) is 12.2 Å². The molecule has 2 atom stereocenters. The number of hydrogen-bond donors (Lipinski definition) is 1. The summed E-state index contributed by atoms with van der Waals surface area (Å²) in [5.74, 6) is -0.365. The first kappa shape index (κ1) is 16.2. The summed E-state index contributed by atoms with van der Waals surface area (Å²) in [5, 5.41) is 3.08. The summed E-state index contributed by atoms with van der Waals surface area (Å²) in [6, 6.07) is 0.320. The van der Waals surface area contributed by atoms with Gasteiger partial charge in [0.15, 0.2) is 0 Å². The quantitative estimate of drug-likeness (QED) is 0.624. The maximum atomic E-state index is 12.3. The van der Waals surface area contributed by atoms with Crippen LogP contribution in [0.2, 0.25) is 0 Å². The normalized spacial score (nSPS) is 28.1. The molecule has 1 heterocycles. The fourth-order valence-corrected chi connectivity index (χ4v) is 4.03. The van der Waals surface area contributed by atoms with Gasteiger partial charge >= 0.3 is 0 Å². The Labute approximate surface area is 137 Å². The standard InChI is InChI=1S/C18H26N2O3/c21-16(19-13-7-2-1-3-8-13)11-6-12-20-17(22)14-9-4-5-10-15(14)18(20)23/h4-5,13-15H,1-3,6-12H2,(H,19,21). The van der Waals surface area contributed by atoms with E-state index in [0.717, 1.165) is 12.8 Å². The lowest BCUT2D eigenvalue weighted by Gasteiger charge is -2.23. The van der Waals surface area contributed by atoms with Crippen molar-refractivity contribution in [3.8, 4) is 0 Å². The van der Waals surface area contributed by atoms with Crippen LogP contribution in [-0.2, 0) is 14.4 Å². The molecule has 0 bridgehead atoms. The Balaban J connectivity index is 1.42. The number of carbonyl (C=O) groups excluding carboxylic acids is 3. The molecule has 126 valence electrons. The first-order chi connectivity index (χ1) is 11.2. The third kappa shape index (κ3) is 3.65. The van der Waals surface area contributed by atoms with Gasteiger partial charge in [-0.25, -0.2) is 0 Å². The molecule has 2 unspecified atom stereocenters. The number of carbonyl (C=O) groups is 3. The second kappa shape index (κ2) is 7.28. The Morgan fingerprint density at radius 3 is 2.26 bits per heavy atom. The van der Waals surface area contributed by atoms with E-state index >= 15 is 0 Å². The summed E-state index contributed by atoms with van der Waals surface area (Å²) >= 11 is 0. The molecule has 2 aliphatic carbocycles. The zero-order chi connectivity index (χ0) is 16.2. The largest absolute Gasteiger partial charge is 0.353 e. The van der Waals surface area contributed by atoms with E-state index in [2.05, 4.69) is 5.32 Å². The van der Waals surface area contributed by atoms with Gasteiger partial charge in [-0.05, 0) is 32.1 Å². The number of nitrogens with zero attached hydrogens (tertiary/aromatic N) is 1. The number of nitrogens with one attached hydrogen (secondary N) is 1. The van der Waals surface area contributed by atoms with Gasteiger partial charge in [0, 0.05) is 19.0 Å². The van der Waals surface area contributed by atoms with E-state index in [9.17, 15) is 14.4 Å². The van der Waals surface area contributed by atoms with Crippen LogP contribution < -0.4 is 5.32 Å². The molecule has 23 heavy (non-hydrogen) atoms. The van der Waals surface area contributed by atoms with Gasteiger partial charge < -0.3 is 5.32 Å². The Hall–Kier alpha value is -1.65. The van der Waals surface area contributed by atoms with Gasteiger partial charge in [-0.3, -0.25) is 19.3 Å². The van der Waals surface area contributed by atoms with Gasteiger partial charge in [-0.1, -0.05) is 31.4 Å². The topological polar surface area (TPSA) is 66.5 Å². The SMILES string of the molecule is O=C(CCCN1C(=O)C2CC=CCC2C1=O)NC1CCCCC1. The molecule has 3 rings (SSSR count). The molecule has 5 heteroatoms. The summed E-state index contributed by atoms with van der Waals surface area (Å²) in [7, 11) is 0. The number of rotatable bonds is 5. The van der Waals surface area contributed by atoms with Crippen LogP contribution in [0.1, 0.15) is 57.8 Å². The van der Waals surface area contributed by atoms with Gasteiger partial charge in [0.1, 0.15) is 0 Å². The molecular formula is C18H26N2O3. The van der Waals surface area contributed by atoms with Crippen molar-refractivity contribution in [2.45, 2.75) is 63.8 Å². The van der Waals surface area contributed by atoms with E-state index < -0.39 is 0 Å². The number of allylic oxidation sites excluding steroid dienone is 2. The van der Waals surface area contributed by atoms with Crippen LogP contribution in [0.4, 0.5) is 0 Å². The lowest BCUT2D eigenvalue weighted by Crippen LogP contribution is -2.37. The summed E-state index contributed by atoms with van der Waals surface area (Å²) in [5.41, 5.74) is 0. The highest BCUT2D eigenvalue weighted by Crippen LogP contribution is 2.35. The molecule has 0 radical (unpaired) electrons. The monoisotopic (exact) mass is 318 g/mol. The van der Waals surface area contributed by atoms with Crippen LogP contribution >= 0.6 is 0 Å². The van der Waals surface area contributed by atoms with Crippen molar-refractivity contribution in [1.29, 1.82) is 0 Å². The molecule has 2 fully saturated rings. The van der Waals surface area contributed by atoms with Crippen LogP contribution in [-0.4, -0.2) is 35.2 Å². The Morgan fingerprint density at radius 2 is 1.65 bits per heavy atom. The van der Waals surface area contributed by atoms with Gasteiger partial charge in [0.2, 0.25) is 17.7 Å². The average molecular weight is 318 g/mol. The van der Waals surface area contributed by atoms with Crippen LogP contribution in [0.3, 0.4) is 0 Å². The molecule has 0 aromatic rings. The van der Waals surface area contributed by atoms with Crippen LogP contribution in [0.5, 0.6) is 0 Å². The van der Waals surface area contributed by atoms with E-state index in [4.69, 9.17) is 0 Å². The van der Waals surface area contributed by atoms with Crippen molar-refractivity contribution < 1.29 is 14.4 Å². The van der Waals surface area contributed by atoms with Crippen molar-refractivity contribution in [3.63, 3.8) is 0 Å². The second-order valence-corrected chi connectivity index (χ2v) is 6.99. The van der Waals surface area contributed by atoms with Gasteiger partial charge in [-0.15, -0.1) is 0 Å². The summed E-state index contributed by atoms with van der Waals surface area (Å²) in [6.07, 6.45) is 12.1. The van der Waals surface area contributed by atoms with Crippen molar-refractivity contribution in [3.05, 3.63) is 12.2 Å². The van der Waals surface area contributed by atoms with Crippen molar-refractivity contribution in [2.75, 3.05) is 6.54 Å². The molecule has 5 nitrogen and oxygen atoms in total. The summed E-state index contributed by atoms with van der Waals surface area (Å²) in [4.78, 5) is 38.0. The first-order valence-corrected chi connectivity index (χ1v) is 8.96. The van der Waals surface area contributed by atoms with Crippen molar-refractivity contribution in [2.24, 2.45) is 11.8 Å². The Bertz CT molecular complexity index is 482. The van der Waals surface area contributed by atoms with Crippen LogP contribution in [0.25, 0.3) is 0 Å². The van der Waals surface area contributed by atoms with Gasteiger partial charge in [-0.2, -0.15) is 0 Å². The third-order valence-electron chi connectivity index (χ3n) is 5.35. The van der Waals surface area contributed by atoms with E-state index in [1.165, 1.54) is 24.2 Å². The molecule has 3 aliphatic rings. The highest BCUT2D eigenvalue weighted by Gasteiger charge is 2.46. The Morgan fingerprint density at radius 1 is 1.04 bits per heavy atom. The minimum atomic E-state index is -0.163. The Kier molecular flexibility index (Phi) is 5.13. The molecule has 0 spiro atoms. The van der Waals surface area contributed by atoms with Gasteiger partial charge in [0.25, 0.3) is 0 Å². The lowest BCUT2D eigenvalue weighted by molar-refractivity contribution is -0.140. The maximum Gasteiger partial charge on any atom is 0.233 e. The molecule has 1 saturated heterocycles. The predicted octanol–water partition coefficient (Wildman–Crippen LogP) is 2.17. The summed E-state index contributed by atoms with van der Waals surface area (Å²) in [6.45, 7) is 0.378. The van der Waals surface area contributed by atoms with E-state index in [0.29, 0.717) is 38.3 Å². The van der Waals surface area contributed by atoms with Crippen molar-refractivity contribution in [1.82, 2.24) is 10.2 Å². The minimum Gasteiger partial charge on any atom is -0.353 e. The number of imide groups is 1. The molecule has 1 N–H and O–H groups in total. The fraction of sp³-hybridized carbons (Fsp3) is 0.722. The maximum absolute atomic E-state index is 12.3. The zero-order valence-electron chi connectivity index (χ0n) is 13.6. The minimum absolute atomic E-state index is 0.0444. The second-order valence-electron chi connectivity index (χ2n) is 6.99. The van der Waals surface area contributed by atoms with Crippen LogP contribution in [0, 0.1) is 11.8 Å². The van der Waals surface area contributed by atoms with E-state index in [-0.39, 0.29) is 29.6 Å². The number of hydrogen-bond acceptors (Lipinski definition) is 3. The summed E-state index contributed by atoms with van der Waals surface area (Å²) < 4.78 is 0.